The highest BCUT2D eigenvalue weighted by Gasteiger charge is 2.10. The summed E-state index contributed by atoms with van der Waals surface area (Å²) in [4.78, 5) is 20.4. The predicted octanol–water partition coefficient (Wildman–Crippen LogP) is 2.52. The summed E-state index contributed by atoms with van der Waals surface area (Å²) in [6.45, 7) is 5.02. The summed E-state index contributed by atoms with van der Waals surface area (Å²) in [7, 11) is 0. The third-order valence-corrected chi connectivity index (χ3v) is 2.91. The number of hydrogen-bond acceptors (Lipinski definition) is 5. The van der Waals surface area contributed by atoms with E-state index < -0.39 is 0 Å². The Balaban J connectivity index is 2.00. The van der Waals surface area contributed by atoms with E-state index in [9.17, 15) is 4.79 Å². The molecule has 1 amide bonds. The highest BCUT2D eigenvalue weighted by Crippen LogP contribution is 2.09. The first-order valence-corrected chi connectivity index (χ1v) is 7.09. The van der Waals surface area contributed by atoms with Gasteiger partial charge in [0.2, 0.25) is 0 Å². The Morgan fingerprint density at radius 1 is 1.38 bits per heavy atom. The molecule has 0 aliphatic rings. The second-order valence-corrected chi connectivity index (χ2v) is 4.73. The minimum atomic E-state index is -0.171. The van der Waals surface area contributed by atoms with Crippen LogP contribution < -0.4 is 10.6 Å². The number of unbranched alkanes of at least 4 members (excludes halogenated alkanes) is 1. The quantitative estimate of drug-likeness (QED) is 0.765. The lowest BCUT2D eigenvalue weighted by atomic mass is 10.3. The van der Waals surface area contributed by atoms with E-state index in [2.05, 4.69) is 27.5 Å². The summed E-state index contributed by atoms with van der Waals surface area (Å²) < 4.78 is 5.24. The van der Waals surface area contributed by atoms with Crippen molar-refractivity contribution in [2.24, 2.45) is 0 Å². The normalized spacial score (nSPS) is 10.4. The fourth-order valence-corrected chi connectivity index (χ4v) is 1.83. The van der Waals surface area contributed by atoms with Gasteiger partial charge in [0.15, 0.2) is 0 Å². The van der Waals surface area contributed by atoms with Crippen molar-refractivity contribution in [3.05, 3.63) is 41.7 Å². The van der Waals surface area contributed by atoms with Crippen LogP contribution in [0.5, 0.6) is 0 Å². The predicted molar refractivity (Wildman–Crippen MR) is 80.0 cm³/mol. The van der Waals surface area contributed by atoms with Gasteiger partial charge in [0.05, 0.1) is 12.8 Å². The molecule has 0 saturated heterocycles. The van der Waals surface area contributed by atoms with Crippen LogP contribution in [0.2, 0.25) is 0 Å². The molecule has 2 N–H and O–H groups in total. The maximum atomic E-state index is 12.0. The van der Waals surface area contributed by atoms with Gasteiger partial charge in [-0.15, -0.1) is 0 Å². The van der Waals surface area contributed by atoms with Crippen molar-refractivity contribution in [1.82, 2.24) is 15.3 Å². The minimum absolute atomic E-state index is 0.171. The van der Waals surface area contributed by atoms with E-state index >= 15 is 0 Å². The second kappa shape index (κ2) is 7.42. The highest BCUT2D eigenvalue weighted by molar-refractivity contribution is 5.92. The maximum Gasteiger partial charge on any atom is 0.270 e. The van der Waals surface area contributed by atoms with Gasteiger partial charge in [-0.2, -0.15) is 0 Å². The molecule has 6 heteroatoms. The van der Waals surface area contributed by atoms with Crippen molar-refractivity contribution < 1.29 is 9.21 Å². The van der Waals surface area contributed by atoms with Crippen LogP contribution in [0.25, 0.3) is 0 Å². The van der Waals surface area contributed by atoms with Gasteiger partial charge < -0.3 is 15.1 Å². The first kappa shape index (κ1) is 15.0. The van der Waals surface area contributed by atoms with Crippen LogP contribution in [0.4, 0.5) is 5.82 Å². The summed E-state index contributed by atoms with van der Waals surface area (Å²) in [6, 6.07) is 5.35. The van der Waals surface area contributed by atoms with Crippen molar-refractivity contribution in [2.45, 2.75) is 33.2 Å². The fraction of sp³-hybridized carbons (Fsp3) is 0.400. The van der Waals surface area contributed by atoms with Crippen LogP contribution in [0.1, 0.15) is 41.8 Å². The zero-order chi connectivity index (χ0) is 15.1. The lowest BCUT2D eigenvalue weighted by molar-refractivity contribution is 0.0948. The standard InChI is InChI=1S/C15H20N4O2/c1-3-4-7-16-15(20)13-9-14(19-11(2)18-13)17-10-12-6-5-8-21-12/h5-6,8-9H,3-4,7,10H2,1-2H3,(H,16,20)(H,17,18,19). The van der Waals surface area contributed by atoms with Crippen LogP contribution in [0.3, 0.4) is 0 Å². The molecular weight excluding hydrogens is 268 g/mol. The molecule has 2 aromatic rings. The van der Waals surface area contributed by atoms with E-state index in [1.807, 2.05) is 12.1 Å². The Morgan fingerprint density at radius 2 is 2.24 bits per heavy atom. The number of anilines is 1. The summed E-state index contributed by atoms with van der Waals surface area (Å²) >= 11 is 0. The van der Waals surface area contributed by atoms with Crippen LogP contribution in [0.15, 0.2) is 28.9 Å². The van der Waals surface area contributed by atoms with E-state index in [1.54, 1.807) is 19.3 Å². The lowest BCUT2D eigenvalue weighted by Gasteiger charge is -2.08. The molecule has 21 heavy (non-hydrogen) atoms. The number of furan rings is 1. The molecule has 2 aromatic heterocycles. The fourth-order valence-electron chi connectivity index (χ4n) is 1.83. The highest BCUT2D eigenvalue weighted by atomic mass is 16.3. The van der Waals surface area contributed by atoms with Crippen LogP contribution in [0, 0.1) is 6.92 Å². The number of aromatic nitrogens is 2. The molecule has 2 heterocycles. The van der Waals surface area contributed by atoms with E-state index in [0.717, 1.165) is 18.6 Å². The lowest BCUT2D eigenvalue weighted by Crippen LogP contribution is -2.25. The van der Waals surface area contributed by atoms with Gasteiger partial charge in [0.1, 0.15) is 23.1 Å². The third kappa shape index (κ3) is 4.59. The Morgan fingerprint density at radius 3 is 2.95 bits per heavy atom. The maximum absolute atomic E-state index is 12.0. The van der Waals surface area contributed by atoms with E-state index in [-0.39, 0.29) is 5.91 Å². The van der Waals surface area contributed by atoms with Crippen molar-refractivity contribution in [2.75, 3.05) is 11.9 Å². The summed E-state index contributed by atoms with van der Waals surface area (Å²) in [5.41, 5.74) is 0.376. The first-order chi connectivity index (χ1) is 10.2. The molecule has 0 spiro atoms. The number of nitrogens with one attached hydrogen (secondary N) is 2. The summed E-state index contributed by atoms with van der Waals surface area (Å²) in [5, 5.41) is 5.97. The first-order valence-electron chi connectivity index (χ1n) is 7.09. The number of nitrogens with zero attached hydrogens (tertiary/aromatic N) is 2. The van der Waals surface area contributed by atoms with Crippen LogP contribution in [-0.4, -0.2) is 22.4 Å². The SMILES string of the molecule is CCCCNC(=O)c1cc(NCc2ccco2)nc(C)n1. The molecule has 0 unspecified atom stereocenters. The topological polar surface area (TPSA) is 80.0 Å². The third-order valence-electron chi connectivity index (χ3n) is 2.91. The number of carbonyl (C=O) groups is 1. The molecule has 2 rings (SSSR count). The van der Waals surface area contributed by atoms with E-state index in [0.29, 0.717) is 30.4 Å². The van der Waals surface area contributed by atoms with Gasteiger partial charge in [-0.25, -0.2) is 9.97 Å². The van der Waals surface area contributed by atoms with Crippen LogP contribution in [-0.2, 0) is 6.54 Å². The number of amides is 1. The average Bonchev–Trinajstić information content (AvgIpc) is 2.98. The Bertz CT molecular complexity index is 581. The molecule has 0 fully saturated rings. The molecule has 0 radical (unpaired) electrons. The van der Waals surface area contributed by atoms with Crippen molar-refractivity contribution in [3.63, 3.8) is 0 Å². The Hall–Kier alpha value is -2.37. The number of aryl methyl sites for hydroxylation is 1. The van der Waals surface area contributed by atoms with Crippen molar-refractivity contribution in [3.8, 4) is 0 Å². The molecule has 112 valence electrons. The summed E-state index contributed by atoms with van der Waals surface area (Å²) in [5.74, 6) is 1.80. The van der Waals surface area contributed by atoms with Gasteiger partial charge >= 0.3 is 0 Å². The molecule has 0 saturated carbocycles. The minimum Gasteiger partial charge on any atom is -0.467 e. The number of hydrogen-bond donors (Lipinski definition) is 2. The largest absolute Gasteiger partial charge is 0.467 e. The monoisotopic (exact) mass is 288 g/mol. The molecule has 0 bridgehead atoms. The number of rotatable bonds is 7. The number of carbonyl (C=O) groups excluding carboxylic acids is 1. The van der Waals surface area contributed by atoms with Gasteiger partial charge in [-0.05, 0) is 25.5 Å². The second-order valence-electron chi connectivity index (χ2n) is 4.73. The average molecular weight is 288 g/mol. The zero-order valence-electron chi connectivity index (χ0n) is 12.3. The Kier molecular flexibility index (Phi) is 5.31. The molecule has 6 nitrogen and oxygen atoms in total. The molecular formula is C15H20N4O2. The van der Waals surface area contributed by atoms with E-state index in [4.69, 9.17) is 4.42 Å². The van der Waals surface area contributed by atoms with Gasteiger partial charge in [0, 0.05) is 12.6 Å². The zero-order valence-corrected chi connectivity index (χ0v) is 12.3. The molecule has 0 aliphatic carbocycles. The Labute approximate surface area is 124 Å². The van der Waals surface area contributed by atoms with Gasteiger partial charge in [0.25, 0.3) is 5.91 Å². The molecule has 0 aliphatic heterocycles. The molecule has 0 aromatic carbocycles. The van der Waals surface area contributed by atoms with Crippen LogP contribution >= 0.6 is 0 Å². The van der Waals surface area contributed by atoms with Crippen molar-refractivity contribution in [1.29, 1.82) is 0 Å². The van der Waals surface area contributed by atoms with E-state index in [1.165, 1.54) is 0 Å². The van der Waals surface area contributed by atoms with Gasteiger partial charge in [-0.1, -0.05) is 13.3 Å². The summed E-state index contributed by atoms with van der Waals surface area (Å²) in [6.07, 6.45) is 3.62. The van der Waals surface area contributed by atoms with Crippen molar-refractivity contribution >= 4 is 11.7 Å². The smallest absolute Gasteiger partial charge is 0.270 e. The molecule has 0 atom stereocenters. The van der Waals surface area contributed by atoms with Gasteiger partial charge in [-0.3, -0.25) is 4.79 Å².